The molecule has 0 saturated carbocycles. The van der Waals surface area contributed by atoms with E-state index >= 15 is 0 Å². The molecule has 0 aliphatic heterocycles. The Balaban J connectivity index is 0.000000810. The van der Waals surface area contributed by atoms with Crippen LogP contribution in [0.1, 0.15) is 0 Å². The zero-order valence-electron chi connectivity index (χ0n) is 4.44. The van der Waals surface area contributed by atoms with E-state index in [1.165, 1.54) is 6.07 Å². The van der Waals surface area contributed by atoms with Crippen LogP contribution in [0.5, 0.6) is 5.75 Å². The fourth-order valence-electron chi connectivity index (χ4n) is 0.486. The summed E-state index contributed by atoms with van der Waals surface area (Å²) in [6.45, 7) is 0. The zero-order chi connectivity index (χ0) is 6.85. The first-order chi connectivity index (χ1) is 4.20. The van der Waals surface area contributed by atoms with Gasteiger partial charge in [0.2, 0.25) is 0 Å². The summed E-state index contributed by atoms with van der Waals surface area (Å²) >= 11 is 11.0. The summed E-state index contributed by atoms with van der Waals surface area (Å²) in [6.07, 6.45) is 0. The van der Waals surface area contributed by atoms with E-state index in [0.29, 0.717) is 10.0 Å². The molecule has 0 saturated heterocycles. The molecule has 0 amide bonds. The molecule has 0 radical (unpaired) electrons. The first-order valence-electron chi connectivity index (χ1n) is 2.34. The topological polar surface area (TPSA) is 20.2 Å². The van der Waals surface area contributed by atoms with Gasteiger partial charge in [-0.2, -0.15) is 0 Å². The summed E-state index contributed by atoms with van der Waals surface area (Å²) in [5.41, 5.74) is 0. The summed E-state index contributed by atoms with van der Waals surface area (Å²) in [5, 5.41) is 9.69. The fourth-order valence-corrected chi connectivity index (χ4v) is 0.770. The van der Waals surface area contributed by atoms with Crippen LogP contribution in [0.2, 0.25) is 10.0 Å². The third kappa shape index (κ3) is 2.69. The van der Waals surface area contributed by atoms with Crippen LogP contribution < -0.4 is 0 Å². The Morgan fingerprint density at radius 3 is 2.20 bits per heavy atom. The molecule has 1 aromatic rings. The van der Waals surface area contributed by atoms with E-state index in [0.717, 1.165) is 0 Å². The monoisotopic (exact) mass is 186 g/mol. The number of rotatable bonds is 0. The van der Waals surface area contributed by atoms with Crippen LogP contribution in [-0.2, 0) is 0 Å². The second kappa shape index (κ2) is 4.47. The van der Waals surface area contributed by atoms with Crippen molar-refractivity contribution in [1.29, 1.82) is 0 Å². The molecule has 0 aliphatic rings. The molecule has 0 fully saturated rings. The fraction of sp³-hybridized carbons (Fsp3) is 0. The molecule has 0 aromatic heterocycles. The molecule has 10 heavy (non-hydrogen) atoms. The number of aromatic hydroxyl groups is 1. The Bertz CT molecular complexity index is 227. The van der Waals surface area contributed by atoms with Gasteiger partial charge in [0.25, 0.3) is 0 Å². The van der Waals surface area contributed by atoms with Crippen LogP contribution in [0.3, 0.4) is 0 Å². The molecule has 1 nitrogen and oxygen atoms in total. The van der Waals surface area contributed by atoms with Gasteiger partial charge in [-0.1, -0.05) is 23.2 Å². The van der Waals surface area contributed by atoms with Gasteiger partial charge in [0.1, 0.15) is 5.75 Å². The van der Waals surface area contributed by atoms with Crippen LogP contribution in [0.25, 0.3) is 0 Å². The molecule has 0 spiro atoms. The van der Waals surface area contributed by atoms with E-state index in [4.69, 9.17) is 28.3 Å². The number of halogens is 2. The first-order valence-corrected chi connectivity index (χ1v) is 3.10. The standard InChI is InChI=1S/C6H4Cl2O.Na.H/c7-4-1-2-5(8)6(9)3-4;;/h1-3,9H;;. The second-order valence-corrected chi connectivity index (χ2v) is 2.44. The van der Waals surface area contributed by atoms with Gasteiger partial charge in [0.05, 0.1) is 5.02 Å². The summed E-state index contributed by atoms with van der Waals surface area (Å²) in [4.78, 5) is 0. The van der Waals surface area contributed by atoms with Gasteiger partial charge in [0.15, 0.2) is 0 Å². The van der Waals surface area contributed by atoms with Crippen molar-refractivity contribution in [2.75, 3.05) is 0 Å². The molecule has 4 heteroatoms. The molecule has 0 atom stereocenters. The van der Waals surface area contributed by atoms with Crippen LogP contribution in [0.4, 0.5) is 0 Å². The Morgan fingerprint density at radius 1 is 1.20 bits per heavy atom. The SMILES string of the molecule is Oc1cc(Cl)ccc1Cl.[NaH]. The van der Waals surface area contributed by atoms with Crippen LogP contribution in [0, 0.1) is 0 Å². The first kappa shape index (κ1) is 10.6. The van der Waals surface area contributed by atoms with Crippen molar-refractivity contribution in [3.63, 3.8) is 0 Å². The van der Waals surface area contributed by atoms with Crippen molar-refractivity contribution in [3.8, 4) is 5.75 Å². The van der Waals surface area contributed by atoms with E-state index in [2.05, 4.69) is 0 Å². The van der Waals surface area contributed by atoms with E-state index in [-0.39, 0.29) is 35.3 Å². The van der Waals surface area contributed by atoms with Gasteiger partial charge >= 0.3 is 29.6 Å². The Hall–Kier alpha value is 0.600. The Morgan fingerprint density at radius 2 is 1.80 bits per heavy atom. The van der Waals surface area contributed by atoms with Gasteiger partial charge in [-0.15, -0.1) is 0 Å². The van der Waals surface area contributed by atoms with E-state index in [9.17, 15) is 0 Å². The van der Waals surface area contributed by atoms with Crippen molar-refractivity contribution in [1.82, 2.24) is 0 Å². The normalized spacial score (nSPS) is 8.60. The Kier molecular flexibility index (Phi) is 4.74. The summed E-state index contributed by atoms with van der Waals surface area (Å²) < 4.78 is 0. The maximum absolute atomic E-state index is 8.88. The van der Waals surface area contributed by atoms with Crippen molar-refractivity contribution in [2.24, 2.45) is 0 Å². The third-order valence-corrected chi connectivity index (χ3v) is 1.46. The molecular weight excluding hydrogens is 182 g/mol. The second-order valence-electron chi connectivity index (χ2n) is 1.60. The Labute approximate surface area is 91.2 Å². The number of benzene rings is 1. The van der Waals surface area contributed by atoms with Gasteiger partial charge < -0.3 is 5.11 Å². The minimum absolute atomic E-state index is 0. The number of hydrogen-bond acceptors (Lipinski definition) is 1. The molecule has 1 aromatic carbocycles. The average molecular weight is 187 g/mol. The molecule has 1 rings (SSSR count). The predicted octanol–water partition coefficient (Wildman–Crippen LogP) is 2.05. The van der Waals surface area contributed by atoms with Gasteiger partial charge in [-0.25, -0.2) is 0 Å². The maximum atomic E-state index is 8.88. The van der Waals surface area contributed by atoms with E-state index < -0.39 is 0 Å². The van der Waals surface area contributed by atoms with E-state index in [1.807, 2.05) is 0 Å². The van der Waals surface area contributed by atoms with E-state index in [1.54, 1.807) is 12.1 Å². The molecular formula is C6H5Cl2NaO. The molecule has 50 valence electrons. The molecule has 1 N–H and O–H groups in total. The number of phenols is 1. The van der Waals surface area contributed by atoms with Crippen LogP contribution in [0.15, 0.2) is 18.2 Å². The van der Waals surface area contributed by atoms with Crippen molar-refractivity contribution < 1.29 is 5.11 Å². The van der Waals surface area contributed by atoms with Crippen LogP contribution >= 0.6 is 23.2 Å². The van der Waals surface area contributed by atoms with Crippen LogP contribution in [-0.4, -0.2) is 34.7 Å². The van der Waals surface area contributed by atoms with Gasteiger partial charge in [0, 0.05) is 11.1 Å². The average Bonchev–Trinajstić information content (AvgIpc) is 1.80. The third-order valence-electron chi connectivity index (χ3n) is 0.908. The van der Waals surface area contributed by atoms with Gasteiger partial charge in [-0.3, -0.25) is 0 Å². The van der Waals surface area contributed by atoms with Crippen molar-refractivity contribution >= 4 is 52.8 Å². The summed E-state index contributed by atoms with van der Waals surface area (Å²) in [6, 6.07) is 4.55. The van der Waals surface area contributed by atoms with Crippen molar-refractivity contribution in [3.05, 3.63) is 28.2 Å². The van der Waals surface area contributed by atoms with Crippen molar-refractivity contribution in [2.45, 2.75) is 0 Å². The van der Waals surface area contributed by atoms with Gasteiger partial charge in [-0.05, 0) is 12.1 Å². The molecule has 0 bridgehead atoms. The molecule has 0 unspecified atom stereocenters. The zero-order valence-corrected chi connectivity index (χ0v) is 5.95. The summed E-state index contributed by atoms with van der Waals surface area (Å²) in [7, 11) is 0. The quantitative estimate of drug-likeness (QED) is 0.616. The molecule has 0 heterocycles. The summed E-state index contributed by atoms with van der Waals surface area (Å²) in [5.74, 6) is 0.0177. The molecule has 0 aliphatic carbocycles. The predicted molar refractivity (Wildman–Crippen MR) is 45.3 cm³/mol. The number of hydrogen-bond donors (Lipinski definition) is 1. The minimum atomic E-state index is 0. The number of phenolic OH excluding ortho intramolecular Hbond substituents is 1.